The fraction of sp³-hybridized carbons (Fsp3) is 0.250. The summed E-state index contributed by atoms with van der Waals surface area (Å²) in [6.45, 7) is 2.16. The maximum atomic E-state index is 11.6. The second kappa shape index (κ2) is 4.26. The molecule has 0 bridgehead atoms. The first-order valence-electron chi connectivity index (χ1n) is 5.08. The zero-order valence-corrected chi connectivity index (χ0v) is 9.27. The van der Waals surface area contributed by atoms with Crippen molar-refractivity contribution in [2.45, 2.75) is 6.92 Å². The van der Waals surface area contributed by atoms with Gasteiger partial charge in [-0.3, -0.25) is 0 Å². The number of pyridine rings is 1. The van der Waals surface area contributed by atoms with E-state index in [1.807, 2.05) is 28.9 Å². The molecule has 2 aromatic rings. The van der Waals surface area contributed by atoms with Crippen molar-refractivity contribution in [2.75, 3.05) is 13.7 Å². The number of nitrogens with zero attached hydrogens (tertiary/aromatic N) is 1. The van der Waals surface area contributed by atoms with Crippen LogP contribution in [0.4, 0.5) is 0 Å². The Hall–Kier alpha value is -1.97. The van der Waals surface area contributed by atoms with Crippen molar-refractivity contribution < 1.29 is 14.3 Å². The first-order valence-corrected chi connectivity index (χ1v) is 5.08. The number of carbonyl (C=O) groups is 1. The van der Waals surface area contributed by atoms with Crippen molar-refractivity contribution in [1.29, 1.82) is 0 Å². The number of fused-ring (bicyclic) bond motifs is 1. The molecule has 0 aromatic carbocycles. The van der Waals surface area contributed by atoms with Gasteiger partial charge in [0.15, 0.2) is 0 Å². The summed E-state index contributed by atoms with van der Waals surface area (Å²) >= 11 is 0. The van der Waals surface area contributed by atoms with Crippen LogP contribution in [0, 0.1) is 0 Å². The van der Waals surface area contributed by atoms with E-state index in [0.717, 1.165) is 11.3 Å². The zero-order chi connectivity index (χ0) is 11.5. The average molecular weight is 219 g/mol. The second-order valence-corrected chi connectivity index (χ2v) is 3.31. The molecule has 0 N–H and O–H groups in total. The van der Waals surface area contributed by atoms with Crippen LogP contribution in [0.15, 0.2) is 30.6 Å². The summed E-state index contributed by atoms with van der Waals surface area (Å²) in [5.74, 6) is 0.412. The molecule has 0 saturated carbocycles. The lowest BCUT2D eigenvalue weighted by molar-refractivity contribution is 0.0529. The van der Waals surface area contributed by atoms with Gasteiger partial charge < -0.3 is 13.9 Å². The van der Waals surface area contributed by atoms with Crippen LogP contribution in [-0.4, -0.2) is 24.1 Å². The van der Waals surface area contributed by atoms with E-state index in [0.29, 0.717) is 12.2 Å². The van der Waals surface area contributed by atoms with Gasteiger partial charge in [0.05, 0.1) is 24.8 Å². The van der Waals surface area contributed by atoms with Crippen LogP contribution in [0.3, 0.4) is 0 Å². The summed E-state index contributed by atoms with van der Waals surface area (Å²) < 4.78 is 12.0. The van der Waals surface area contributed by atoms with Crippen LogP contribution in [0.1, 0.15) is 17.3 Å². The number of methoxy groups -OCH3 is 1. The molecule has 4 nitrogen and oxygen atoms in total. The quantitative estimate of drug-likeness (QED) is 0.742. The molecule has 4 heteroatoms. The maximum Gasteiger partial charge on any atom is 0.340 e. The monoisotopic (exact) mass is 219 g/mol. The summed E-state index contributed by atoms with van der Waals surface area (Å²) in [6, 6.07) is 5.39. The van der Waals surface area contributed by atoms with Gasteiger partial charge in [0.25, 0.3) is 0 Å². The molecule has 0 aliphatic carbocycles. The Labute approximate surface area is 93.4 Å². The fourth-order valence-electron chi connectivity index (χ4n) is 1.59. The van der Waals surface area contributed by atoms with E-state index in [2.05, 4.69) is 0 Å². The fourth-order valence-corrected chi connectivity index (χ4v) is 1.59. The van der Waals surface area contributed by atoms with Crippen LogP contribution < -0.4 is 4.74 Å². The third-order valence-corrected chi connectivity index (χ3v) is 2.37. The van der Waals surface area contributed by atoms with E-state index in [1.54, 1.807) is 20.1 Å². The van der Waals surface area contributed by atoms with Crippen molar-refractivity contribution >= 4 is 11.5 Å². The second-order valence-electron chi connectivity index (χ2n) is 3.31. The van der Waals surface area contributed by atoms with Gasteiger partial charge in [-0.05, 0) is 19.1 Å². The van der Waals surface area contributed by atoms with Crippen LogP contribution in [0.5, 0.6) is 5.75 Å². The summed E-state index contributed by atoms with van der Waals surface area (Å²) in [7, 11) is 1.60. The average Bonchev–Trinajstić information content (AvgIpc) is 2.71. The molecular weight excluding hydrogens is 206 g/mol. The van der Waals surface area contributed by atoms with Gasteiger partial charge in [-0.1, -0.05) is 0 Å². The highest BCUT2D eigenvalue weighted by atomic mass is 16.5. The van der Waals surface area contributed by atoms with Gasteiger partial charge in [0, 0.05) is 18.5 Å². The summed E-state index contributed by atoms with van der Waals surface area (Å²) in [4.78, 5) is 11.6. The molecule has 0 amide bonds. The largest absolute Gasteiger partial charge is 0.497 e. The predicted molar refractivity (Wildman–Crippen MR) is 59.9 cm³/mol. The lowest BCUT2D eigenvalue weighted by Crippen LogP contribution is -2.04. The molecule has 84 valence electrons. The maximum absolute atomic E-state index is 11.6. The molecule has 0 fully saturated rings. The van der Waals surface area contributed by atoms with Gasteiger partial charge in [0.1, 0.15) is 5.75 Å². The molecule has 0 aliphatic rings. The van der Waals surface area contributed by atoms with E-state index in [1.165, 1.54) is 0 Å². The summed E-state index contributed by atoms with van der Waals surface area (Å²) in [5.41, 5.74) is 1.35. The number of hydrogen-bond donors (Lipinski definition) is 0. The molecule has 0 spiro atoms. The van der Waals surface area contributed by atoms with Crippen molar-refractivity contribution in [3.63, 3.8) is 0 Å². The van der Waals surface area contributed by atoms with Gasteiger partial charge in [-0.15, -0.1) is 0 Å². The Kier molecular flexibility index (Phi) is 2.81. The molecule has 0 radical (unpaired) electrons. The number of esters is 1. The third kappa shape index (κ3) is 1.74. The van der Waals surface area contributed by atoms with Crippen molar-refractivity contribution in [3.8, 4) is 5.75 Å². The lowest BCUT2D eigenvalue weighted by atomic mass is 10.2. The predicted octanol–water partition coefficient (Wildman–Crippen LogP) is 2.12. The van der Waals surface area contributed by atoms with Crippen molar-refractivity contribution in [3.05, 3.63) is 36.2 Å². The Morgan fingerprint density at radius 1 is 1.38 bits per heavy atom. The highest BCUT2D eigenvalue weighted by Gasteiger charge is 2.12. The van der Waals surface area contributed by atoms with E-state index >= 15 is 0 Å². The van der Waals surface area contributed by atoms with Gasteiger partial charge >= 0.3 is 5.97 Å². The lowest BCUT2D eigenvalue weighted by Gasteiger charge is -2.03. The molecule has 0 aliphatic heterocycles. The third-order valence-electron chi connectivity index (χ3n) is 2.37. The van der Waals surface area contributed by atoms with Crippen LogP contribution in [0.2, 0.25) is 0 Å². The number of carbonyl (C=O) groups excluding carboxylic acids is 1. The van der Waals surface area contributed by atoms with Gasteiger partial charge in [-0.2, -0.15) is 0 Å². The number of hydrogen-bond acceptors (Lipinski definition) is 3. The Morgan fingerprint density at radius 3 is 2.81 bits per heavy atom. The van der Waals surface area contributed by atoms with Gasteiger partial charge in [0.2, 0.25) is 0 Å². The van der Waals surface area contributed by atoms with Crippen molar-refractivity contribution in [1.82, 2.24) is 4.40 Å². The zero-order valence-electron chi connectivity index (χ0n) is 9.27. The Bertz CT molecular complexity index is 516. The topological polar surface area (TPSA) is 39.9 Å². The molecule has 2 heterocycles. The number of rotatable bonds is 3. The first-order chi connectivity index (χ1) is 7.76. The van der Waals surface area contributed by atoms with E-state index in [-0.39, 0.29) is 5.97 Å². The highest BCUT2D eigenvalue weighted by molar-refractivity contribution is 5.97. The summed E-state index contributed by atoms with van der Waals surface area (Å²) in [5, 5.41) is 0. The minimum absolute atomic E-state index is 0.307. The van der Waals surface area contributed by atoms with Crippen LogP contribution in [0.25, 0.3) is 5.52 Å². The Balaban J connectivity index is 2.49. The smallest absolute Gasteiger partial charge is 0.340 e. The van der Waals surface area contributed by atoms with Crippen LogP contribution >= 0.6 is 0 Å². The number of aromatic nitrogens is 1. The van der Waals surface area contributed by atoms with Gasteiger partial charge in [-0.25, -0.2) is 4.79 Å². The van der Waals surface area contributed by atoms with E-state index in [9.17, 15) is 4.79 Å². The SMILES string of the molecule is CCOC(=O)c1ccn2ccc(OC)cc12. The van der Waals surface area contributed by atoms with Crippen LogP contribution in [-0.2, 0) is 4.74 Å². The molecule has 0 atom stereocenters. The normalized spacial score (nSPS) is 10.4. The van der Waals surface area contributed by atoms with E-state index < -0.39 is 0 Å². The standard InChI is InChI=1S/C12H13NO3/c1-3-16-12(14)10-5-7-13-6-4-9(15-2)8-11(10)13/h4-8H,3H2,1-2H3. The molecular formula is C12H13NO3. The molecule has 0 saturated heterocycles. The summed E-state index contributed by atoms with van der Waals surface area (Å²) in [6.07, 6.45) is 3.66. The Morgan fingerprint density at radius 2 is 2.12 bits per heavy atom. The minimum atomic E-state index is -0.307. The highest BCUT2D eigenvalue weighted by Crippen LogP contribution is 2.19. The van der Waals surface area contributed by atoms with Crippen molar-refractivity contribution in [2.24, 2.45) is 0 Å². The minimum Gasteiger partial charge on any atom is -0.497 e. The molecule has 0 unspecified atom stereocenters. The molecule has 2 rings (SSSR count). The molecule has 2 aromatic heterocycles. The molecule has 16 heavy (non-hydrogen) atoms. The first kappa shape index (κ1) is 10.5. The van der Waals surface area contributed by atoms with E-state index in [4.69, 9.17) is 9.47 Å². The number of ether oxygens (including phenoxy) is 2.